The fraction of sp³-hybridized carbons (Fsp3) is 0.923. The molecule has 0 aromatic rings. The third-order valence-corrected chi connectivity index (χ3v) is 6.46. The van der Waals surface area contributed by atoms with E-state index < -0.39 is 27.3 Å². The Kier molecular flexibility index (Phi) is 4.20. The van der Waals surface area contributed by atoms with Gasteiger partial charge in [0.25, 0.3) is 0 Å². The van der Waals surface area contributed by atoms with Crippen LogP contribution in [-0.4, -0.2) is 39.0 Å². The van der Waals surface area contributed by atoms with E-state index in [1.54, 1.807) is 0 Å². The Bertz CT molecular complexity index is 442. The molecule has 19 heavy (non-hydrogen) atoms. The number of hydrogen-bond donors (Lipinski definition) is 1. The zero-order valence-electron chi connectivity index (χ0n) is 11.4. The monoisotopic (exact) mass is 289 g/mol. The van der Waals surface area contributed by atoms with Crippen molar-refractivity contribution in [2.24, 2.45) is 17.1 Å². The Hall–Kier alpha value is -0.620. The Morgan fingerprint density at radius 3 is 2.53 bits per heavy atom. The highest BCUT2D eigenvalue weighted by Crippen LogP contribution is 2.42. The molecule has 2 rings (SSSR count). The second-order valence-corrected chi connectivity index (χ2v) is 8.17. The van der Waals surface area contributed by atoms with Gasteiger partial charge in [-0.1, -0.05) is 25.7 Å². The highest BCUT2D eigenvalue weighted by Gasteiger charge is 2.52. The average Bonchev–Trinajstić information content (AvgIpc) is 2.85. The molecule has 0 aromatic carbocycles. The fourth-order valence-electron chi connectivity index (χ4n) is 3.59. The van der Waals surface area contributed by atoms with Crippen LogP contribution in [0, 0.1) is 11.3 Å². The summed E-state index contributed by atoms with van der Waals surface area (Å²) in [5.41, 5.74) is 5.10. The molecule has 2 atom stereocenters. The van der Waals surface area contributed by atoms with E-state index in [1.165, 1.54) is 7.11 Å². The fourth-order valence-corrected chi connectivity index (χ4v) is 5.58. The summed E-state index contributed by atoms with van der Waals surface area (Å²) in [6, 6.07) is -0.413. The van der Waals surface area contributed by atoms with E-state index in [2.05, 4.69) is 0 Å². The third kappa shape index (κ3) is 2.94. The quantitative estimate of drug-likeness (QED) is 0.779. The number of carbonyl (C=O) groups is 1. The van der Waals surface area contributed by atoms with Gasteiger partial charge in [0.15, 0.2) is 9.84 Å². The van der Waals surface area contributed by atoms with Crippen molar-refractivity contribution in [2.45, 2.75) is 44.6 Å². The van der Waals surface area contributed by atoms with Crippen molar-refractivity contribution in [1.82, 2.24) is 0 Å². The van der Waals surface area contributed by atoms with Gasteiger partial charge >= 0.3 is 5.97 Å². The molecule has 0 spiro atoms. The van der Waals surface area contributed by atoms with E-state index in [4.69, 9.17) is 10.5 Å². The zero-order chi connectivity index (χ0) is 14.1. The molecule has 5 nitrogen and oxygen atoms in total. The number of rotatable bonds is 3. The van der Waals surface area contributed by atoms with Crippen molar-refractivity contribution in [2.75, 3.05) is 18.6 Å². The lowest BCUT2D eigenvalue weighted by molar-refractivity contribution is -0.154. The van der Waals surface area contributed by atoms with Crippen LogP contribution in [0.25, 0.3) is 0 Å². The predicted octanol–water partition coefficient (Wildman–Crippen LogP) is 0.872. The molecule has 1 saturated heterocycles. The van der Waals surface area contributed by atoms with Gasteiger partial charge < -0.3 is 10.5 Å². The molecule has 1 saturated carbocycles. The van der Waals surface area contributed by atoms with E-state index >= 15 is 0 Å². The molecule has 1 aliphatic heterocycles. The van der Waals surface area contributed by atoms with Crippen molar-refractivity contribution in [1.29, 1.82) is 0 Å². The molecule has 2 fully saturated rings. The first kappa shape index (κ1) is 14.8. The highest BCUT2D eigenvalue weighted by atomic mass is 32.2. The SMILES string of the molecule is COC(=O)C1(CC2CCCC2)CS(=O)(=O)CCC1N. The first-order chi connectivity index (χ1) is 8.89. The van der Waals surface area contributed by atoms with Gasteiger partial charge in [0.05, 0.1) is 24.0 Å². The largest absolute Gasteiger partial charge is 0.469 e. The van der Waals surface area contributed by atoms with Gasteiger partial charge in [0.1, 0.15) is 0 Å². The Balaban J connectivity index is 2.28. The summed E-state index contributed by atoms with van der Waals surface area (Å²) < 4.78 is 28.8. The zero-order valence-corrected chi connectivity index (χ0v) is 12.2. The number of ether oxygens (including phenoxy) is 1. The maximum atomic E-state index is 12.2. The predicted molar refractivity (Wildman–Crippen MR) is 72.3 cm³/mol. The van der Waals surface area contributed by atoms with Crippen LogP contribution in [0.15, 0.2) is 0 Å². The summed E-state index contributed by atoms with van der Waals surface area (Å²) in [4.78, 5) is 12.2. The number of hydrogen-bond acceptors (Lipinski definition) is 5. The molecule has 0 aromatic heterocycles. The minimum absolute atomic E-state index is 0.0809. The lowest BCUT2D eigenvalue weighted by atomic mass is 9.73. The van der Waals surface area contributed by atoms with Crippen LogP contribution in [0.2, 0.25) is 0 Å². The van der Waals surface area contributed by atoms with Crippen LogP contribution >= 0.6 is 0 Å². The Morgan fingerprint density at radius 2 is 1.95 bits per heavy atom. The molecule has 0 radical (unpaired) electrons. The van der Waals surface area contributed by atoms with E-state index in [1.807, 2.05) is 0 Å². The lowest BCUT2D eigenvalue weighted by Crippen LogP contribution is -2.57. The van der Waals surface area contributed by atoms with Crippen LogP contribution in [0.3, 0.4) is 0 Å². The van der Waals surface area contributed by atoms with Crippen molar-refractivity contribution in [3.8, 4) is 0 Å². The first-order valence-electron chi connectivity index (χ1n) is 6.94. The van der Waals surface area contributed by atoms with Gasteiger partial charge in [-0.15, -0.1) is 0 Å². The molecular formula is C13H23NO4S. The van der Waals surface area contributed by atoms with Gasteiger partial charge in [-0.05, 0) is 18.8 Å². The number of methoxy groups -OCH3 is 1. The average molecular weight is 289 g/mol. The summed E-state index contributed by atoms with van der Waals surface area (Å²) in [6.07, 6.45) is 5.34. The van der Waals surface area contributed by atoms with E-state index in [0.29, 0.717) is 18.8 Å². The van der Waals surface area contributed by atoms with E-state index in [9.17, 15) is 13.2 Å². The van der Waals surface area contributed by atoms with Crippen molar-refractivity contribution < 1.29 is 17.9 Å². The van der Waals surface area contributed by atoms with Gasteiger partial charge in [0.2, 0.25) is 0 Å². The molecule has 2 N–H and O–H groups in total. The van der Waals surface area contributed by atoms with Crippen molar-refractivity contribution in [3.05, 3.63) is 0 Å². The number of nitrogens with two attached hydrogens (primary N) is 1. The highest BCUT2D eigenvalue weighted by molar-refractivity contribution is 7.91. The Morgan fingerprint density at radius 1 is 1.32 bits per heavy atom. The molecule has 6 heteroatoms. The molecule has 110 valence electrons. The first-order valence-corrected chi connectivity index (χ1v) is 8.76. The van der Waals surface area contributed by atoms with Crippen molar-refractivity contribution in [3.63, 3.8) is 0 Å². The van der Waals surface area contributed by atoms with E-state index in [-0.39, 0.29) is 11.5 Å². The number of esters is 1. The molecule has 1 aliphatic carbocycles. The topological polar surface area (TPSA) is 86.5 Å². The minimum atomic E-state index is -3.20. The molecule has 0 bridgehead atoms. The molecule has 0 amide bonds. The molecule has 2 aliphatic rings. The van der Waals surface area contributed by atoms with Crippen LogP contribution in [-0.2, 0) is 19.4 Å². The molecule has 2 unspecified atom stereocenters. The number of sulfone groups is 1. The number of carbonyl (C=O) groups excluding carboxylic acids is 1. The van der Waals surface area contributed by atoms with Gasteiger partial charge in [-0.25, -0.2) is 8.42 Å². The van der Waals surface area contributed by atoms with Crippen molar-refractivity contribution >= 4 is 15.8 Å². The van der Waals surface area contributed by atoms with Crippen LogP contribution in [0.1, 0.15) is 38.5 Å². The Labute approximate surface area is 114 Å². The second-order valence-electron chi connectivity index (χ2n) is 5.99. The summed E-state index contributed by atoms with van der Waals surface area (Å²) in [7, 11) is -1.89. The van der Waals surface area contributed by atoms with Gasteiger partial charge in [0, 0.05) is 6.04 Å². The summed E-state index contributed by atoms with van der Waals surface area (Å²) in [5.74, 6) is -0.115. The minimum Gasteiger partial charge on any atom is -0.469 e. The van der Waals surface area contributed by atoms with Gasteiger partial charge in [-0.3, -0.25) is 4.79 Å². The van der Waals surface area contributed by atoms with Gasteiger partial charge in [-0.2, -0.15) is 0 Å². The van der Waals surface area contributed by atoms with Crippen LogP contribution in [0.4, 0.5) is 0 Å². The third-order valence-electron chi connectivity index (χ3n) is 4.65. The maximum absolute atomic E-state index is 12.2. The van der Waals surface area contributed by atoms with E-state index in [0.717, 1.165) is 25.7 Å². The summed E-state index contributed by atoms with van der Waals surface area (Å²) >= 11 is 0. The summed E-state index contributed by atoms with van der Waals surface area (Å²) in [6.45, 7) is 0. The molecule has 1 heterocycles. The smallest absolute Gasteiger partial charge is 0.314 e. The standard InChI is InChI=1S/C13H23NO4S/c1-18-12(15)13(8-10-4-2-3-5-10)9-19(16,17)7-6-11(13)14/h10-11H,2-9,14H2,1H3. The lowest BCUT2D eigenvalue weighted by Gasteiger charge is -2.40. The molecular weight excluding hydrogens is 266 g/mol. The normalized spacial score (nSPS) is 35.2. The summed E-state index contributed by atoms with van der Waals surface area (Å²) in [5, 5.41) is 0. The van der Waals surface area contributed by atoms with Crippen LogP contribution in [0.5, 0.6) is 0 Å². The van der Waals surface area contributed by atoms with Crippen LogP contribution < -0.4 is 5.73 Å². The second kappa shape index (κ2) is 5.40. The maximum Gasteiger partial charge on any atom is 0.314 e.